The van der Waals surface area contributed by atoms with Gasteiger partial charge in [-0.3, -0.25) is 4.79 Å². The number of hydrogen-bond donors (Lipinski definition) is 3. The molecule has 1 aliphatic carbocycles. The molecule has 8 heteroatoms. The quantitative estimate of drug-likeness (QED) is 0.392. The van der Waals surface area contributed by atoms with Gasteiger partial charge in [-0.1, -0.05) is 61.5 Å². The summed E-state index contributed by atoms with van der Waals surface area (Å²) in [5, 5.41) is 16.6. The number of rotatable bonds is 9. The van der Waals surface area contributed by atoms with Gasteiger partial charge in [-0.05, 0) is 47.0 Å². The highest BCUT2D eigenvalue weighted by atomic mass is 32.1. The van der Waals surface area contributed by atoms with Crippen LogP contribution in [0.25, 0.3) is 11.1 Å². The first kappa shape index (κ1) is 24.5. The second-order valence-electron chi connectivity index (χ2n) is 8.85. The third-order valence-electron chi connectivity index (χ3n) is 6.65. The van der Waals surface area contributed by atoms with Gasteiger partial charge in [0.15, 0.2) is 6.04 Å². The Hall–Kier alpha value is -3.65. The normalized spacial score (nSPS) is 14.8. The zero-order valence-electron chi connectivity index (χ0n) is 19.6. The van der Waals surface area contributed by atoms with Crippen LogP contribution in [0, 0.1) is 5.41 Å². The molecule has 1 aliphatic rings. The van der Waals surface area contributed by atoms with Crippen LogP contribution in [0.4, 0.5) is 4.79 Å². The SMILES string of the molecule is CCC(C)(CNC(=O)OCC1c2ccccc2-c2ccccc21)C(=O)NC(C(=O)O)c1cccs1. The number of benzene rings is 2. The maximum atomic E-state index is 13.0. The Kier molecular flexibility index (Phi) is 7.21. The third kappa shape index (κ3) is 5.07. The van der Waals surface area contributed by atoms with Gasteiger partial charge in [0.05, 0.1) is 5.41 Å². The number of carboxylic acid groups (broad SMARTS) is 1. The highest BCUT2D eigenvalue weighted by Crippen LogP contribution is 2.44. The summed E-state index contributed by atoms with van der Waals surface area (Å²) in [5.41, 5.74) is 3.52. The van der Waals surface area contributed by atoms with Crippen molar-refractivity contribution in [3.63, 3.8) is 0 Å². The molecule has 0 aliphatic heterocycles. The van der Waals surface area contributed by atoms with Gasteiger partial charge in [0.25, 0.3) is 0 Å². The van der Waals surface area contributed by atoms with Gasteiger partial charge in [0, 0.05) is 17.3 Å². The lowest BCUT2D eigenvalue weighted by atomic mass is 9.86. The Morgan fingerprint density at radius 1 is 1.03 bits per heavy atom. The molecule has 35 heavy (non-hydrogen) atoms. The number of thiophene rings is 1. The molecular formula is C27H28N2O5S. The number of fused-ring (bicyclic) bond motifs is 3. The third-order valence-corrected chi connectivity index (χ3v) is 7.58. The van der Waals surface area contributed by atoms with E-state index in [9.17, 15) is 19.5 Å². The van der Waals surface area contributed by atoms with Crippen LogP contribution in [0.1, 0.15) is 48.2 Å². The fourth-order valence-electron chi connectivity index (χ4n) is 4.30. The largest absolute Gasteiger partial charge is 0.479 e. The molecule has 7 nitrogen and oxygen atoms in total. The van der Waals surface area contributed by atoms with Gasteiger partial charge in [-0.15, -0.1) is 11.3 Å². The van der Waals surface area contributed by atoms with Crippen LogP contribution in [-0.4, -0.2) is 36.2 Å². The minimum atomic E-state index is -1.14. The molecule has 0 radical (unpaired) electrons. The molecule has 0 saturated carbocycles. The van der Waals surface area contributed by atoms with E-state index in [4.69, 9.17) is 4.74 Å². The molecule has 0 spiro atoms. The number of alkyl carbamates (subject to hydrolysis) is 1. The first-order valence-corrected chi connectivity index (χ1v) is 12.4. The van der Waals surface area contributed by atoms with Crippen molar-refractivity contribution in [1.82, 2.24) is 10.6 Å². The number of carboxylic acids is 1. The van der Waals surface area contributed by atoms with Crippen molar-refractivity contribution in [3.05, 3.63) is 82.0 Å². The van der Waals surface area contributed by atoms with Crippen LogP contribution in [0.5, 0.6) is 0 Å². The summed E-state index contributed by atoms with van der Waals surface area (Å²) < 4.78 is 5.56. The van der Waals surface area contributed by atoms with E-state index in [2.05, 4.69) is 22.8 Å². The minimum absolute atomic E-state index is 0.0167. The molecule has 1 aromatic heterocycles. The average molecular weight is 493 g/mol. The maximum absolute atomic E-state index is 13.0. The Labute approximate surface area is 208 Å². The van der Waals surface area contributed by atoms with Gasteiger partial charge in [0.1, 0.15) is 6.61 Å². The van der Waals surface area contributed by atoms with Crippen LogP contribution < -0.4 is 10.6 Å². The van der Waals surface area contributed by atoms with Crippen molar-refractivity contribution in [1.29, 1.82) is 0 Å². The van der Waals surface area contributed by atoms with E-state index in [1.54, 1.807) is 24.4 Å². The highest BCUT2D eigenvalue weighted by molar-refractivity contribution is 7.10. The van der Waals surface area contributed by atoms with E-state index >= 15 is 0 Å². The van der Waals surface area contributed by atoms with E-state index in [1.165, 1.54) is 11.3 Å². The van der Waals surface area contributed by atoms with Crippen molar-refractivity contribution in [2.45, 2.75) is 32.2 Å². The lowest BCUT2D eigenvalue weighted by Crippen LogP contribution is -2.48. The zero-order valence-corrected chi connectivity index (χ0v) is 20.4. The van der Waals surface area contributed by atoms with Crippen LogP contribution in [0.3, 0.4) is 0 Å². The summed E-state index contributed by atoms with van der Waals surface area (Å²) in [6.07, 6.45) is -0.216. The number of carbonyl (C=O) groups excluding carboxylic acids is 2. The Morgan fingerprint density at radius 2 is 1.66 bits per heavy atom. The number of ether oxygens (including phenoxy) is 1. The van der Waals surface area contributed by atoms with E-state index in [-0.39, 0.29) is 19.1 Å². The number of hydrogen-bond acceptors (Lipinski definition) is 5. The monoisotopic (exact) mass is 492 g/mol. The van der Waals surface area contributed by atoms with E-state index in [1.807, 2.05) is 43.3 Å². The van der Waals surface area contributed by atoms with Crippen molar-refractivity contribution < 1.29 is 24.2 Å². The number of aliphatic carboxylic acids is 1. The summed E-state index contributed by atoms with van der Waals surface area (Å²) >= 11 is 1.26. The summed E-state index contributed by atoms with van der Waals surface area (Å²) in [6.45, 7) is 3.70. The smallest absolute Gasteiger partial charge is 0.407 e. The van der Waals surface area contributed by atoms with Crippen LogP contribution in [-0.2, 0) is 14.3 Å². The average Bonchev–Trinajstić information content (AvgIpc) is 3.51. The number of nitrogens with one attached hydrogen (secondary N) is 2. The van der Waals surface area contributed by atoms with Gasteiger partial charge in [-0.2, -0.15) is 0 Å². The molecule has 1 heterocycles. The molecule has 3 aromatic rings. The van der Waals surface area contributed by atoms with Crippen molar-refractivity contribution in [2.24, 2.45) is 5.41 Å². The lowest BCUT2D eigenvalue weighted by Gasteiger charge is -2.28. The minimum Gasteiger partial charge on any atom is -0.479 e. The fraction of sp³-hybridized carbons (Fsp3) is 0.296. The molecule has 2 aromatic carbocycles. The predicted molar refractivity (Wildman–Crippen MR) is 134 cm³/mol. The first-order valence-electron chi connectivity index (χ1n) is 11.5. The standard InChI is InChI=1S/C27H28N2O5S/c1-3-27(2,25(32)29-23(24(30)31)22-13-8-14-35-22)16-28-26(33)34-15-21-19-11-6-4-9-17(19)18-10-5-7-12-20(18)21/h4-14,21,23H,3,15-16H2,1-2H3,(H,28,33)(H,29,32)(H,30,31). The molecule has 4 rings (SSSR count). The molecule has 2 amide bonds. The Bertz CT molecular complexity index is 1180. The molecular weight excluding hydrogens is 464 g/mol. The first-order chi connectivity index (χ1) is 16.8. The van der Waals surface area contributed by atoms with E-state index in [0.717, 1.165) is 22.3 Å². The van der Waals surface area contributed by atoms with Crippen molar-refractivity contribution >= 4 is 29.3 Å². The van der Waals surface area contributed by atoms with Crippen molar-refractivity contribution in [3.8, 4) is 11.1 Å². The molecule has 0 saturated heterocycles. The van der Waals surface area contributed by atoms with Gasteiger partial charge < -0.3 is 20.5 Å². The molecule has 0 bridgehead atoms. The van der Waals surface area contributed by atoms with E-state index in [0.29, 0.717) is 11.3 Å². The molecule has 2 unspecified atom stereocenters. The van der Waals surface area contributed by atoms with Crippen LogP contribution in [0.2, 0.25) is 0 Å². The topological polar surface area (TPSA) is 105 Å². The number of amides is 2. The van der Waals surface area contributed by atoms with Crippen LogP contribution in [0.15, 0.2) is 66.0 Å². The predicted octanol–water partition coefficient (Wildman–Crippen LogP) is 4.95. The van der Waals surface area contributed by atoms with E-state index < -0.39 is 29.4 Å². The highest BCUT2D eigenvalue weighted by Gasteiger charge is 2.36. The number of carbonyl (C=O) groups is 3. The summed E-state index contributed by atoms with van der Waals surface area (Å²) in [5.74, 6) is -1.64. The zero-order chi connectivity index (χ0) is 25.0. The molecule has 182 valence electrons. The van der Waals surface area contributed by atoms with Gasteiger partial charge >= 0.3 is 12.1 Å². The lowest BCUT2D eigenvalue weighted by molar-refractivity contribution is -0.143. The van der Waals surface area contributed by atoms with Gasteiger partial charge in [0.2, 0.25) is 5.91 Å². The van der Waals surface area contributed by atoms with Crippen LogP contribution >= 0.6 is 11.3 Å². The summed E-state index contributed by atoms with van der Waals surface area (Å²) in [4.78, 5) is 37.8. The summed E-state index contributed by atoms with van der Waals surface area (Å²) in [7, 11) is 0. The fourth-order valence-corrected chi connectivity index (χ4v) is 5.07. The summed E-state index contributed by atoms with van der Waals surface area (Å²) in [6, 6.07) is 18.4. The molecule has 3 N–H and O–H groups in total. The Balaban J connectivity index is 1.37. The molecule has 0 fully saturated rings. The molecule has 2 atom stereocenters. The maximum Gasteiger partial charge on any atom is 0.407 e. The van der Waals surface area contributed by atoms with Gasteiger partial charge in [-0.25, -0.2) is 9.59 Å². The second-order valence-corrected chi connectivity index (χ2v) is 9.83. The Morgan fingerprint density at radius 3 is 2.20 bits per heavy atom. The van der Waals surface area contributed by atoms with Crippen molar-refractivity contribution in [2.75, 3.05) is 13.2 Å². The second kappa shape index (κ2) is 10.3.